The summed E-state index contributed by atoms with van der Waals surface area (Å²) >= 11 is 12.3. The lowest BCUT2D eigenvalue weighted by Crippen LogP contribution is -2.45. The Hall–Kier alpha value is -2.44. The number of carbonyl (C=O) groups is 2. The van der Waals surface area contributed by atoms with E-state index in [1.54, 1.807) is 24.3 Å². The molecule has 1 aliphatic heterocycles. The maximum Gasteiger partial charge on any atom is 0.331 e. The normalized spacial score (nSPS) is 18.2. The highest BCUT2D eigenvalue weighted by atomic mass is 35.5. The smallest absolute Gasteiger partial charge is 0.331 e. The minimum Gasteiger partial charge on any atom is -0.480 e. The number of benzene rings is 2. The number of carbonyl (C=O) groups excluding carboxylic acids is 1. The molecule has 32 heavy (non-hydrogen) atoms. The first kappa shape index (κ1) is 24.2. The topological polar surface area (TPSA) is 70.1 Å². The molecule has 6 nitrogen and oxygen atoms in total. The van der Waals surface area contributed by atoms with Crippen LogP contribution in [0.3, 0.4) is 0 Å². The zero-order valence-electron chi connectivity index (χ0n) is 18.6. The van der Waals surface area contributed by atoms with Gasteiger partial charge in [0.2, 0.25) is 0 Å². The summed E-state index contributed by atoms with van der Waals surface area (Å²) in [5.41, 5.74) is 2.01. The number of rotatable bonds is 7. The van der Waals surface area contributed by atoms with Crippen LogP contribution in [0.25, 0.3) is 0 Å². The van der Waals surface area contributed by atoms with Crippen LogP contribution in [0.5, 0.6) is 5.75 Å². The SMILES string of the molecule is CCN(CC)c1ccc2c(c1)OC(C(C)C)C(=O)N(Cc1cc(Cl)cc(Cl)c1)C2C(=O)O. The third kappa shape index (κ3) is 4.97. The van der Waals surface area contributed by atoms with E-state index in [-0.39, 0.29) is 18.4 Å². The summed E-state index contributed by atoms with van der Waals surface area (Å²) in [4.78, 5) is 29.5. The van der Waals surface area contributed by atoms with Gasteiger partial charge in [0.05, 0.1) is 0 Å². The molecule has 1 heterocycles. The molecule has 2 unspecified atom stereocenters. The van der Waals surface area contributed by atoms with E-state index in [1.165, 1.54) is 4.90 Å². The molecule has 0 fully saturated rings. The van der Waals surface area contributed by atoms with Crippen molar-refractivity contribution in [3.8, 4) is 5.75 Å². The maximum atomic E-state index is 13.5. The van der Waals surface area contributed by atoms with Crippen molar-refractivity contribution in [2.75, 3.05) is 18.0 Å². The number of nitrogens with zero attached hydrogens (tertiary/aromatic N) is 2. The molecule has 3 rings (SSSR count). The largest absolute Gasteiger partial charge is 0.480 e. The number of aliphatic carboxylic acids is 1. The predicted octanol–water partition coefficient (Wildman–Crippen LogP) is 5.41. The molecular formula is C24H28Cl2N2O4. The van der Waals surface area contributed by atoms with Crippen molar-refractivity contribution in [1.82, 2.24) is 4.90 Å². The Morgan fingerprint density at radius 2 is 1.75 bits per heavy atom. The zero-order chi connectivity index (χ0) is 23.6. The lowest BCUT2D eigenvalue weighted by atomic mass is 10.0. The standard InChI is InChI=1S/C24H28Cl2N2O4/c1-5-27(6-2)18-7-8-19-20(12-18)32-22(14(3)4)23(29)28(21(19)24(30)31)13-15-9-16(25)11-17(26)10-15/h7-12,14,21-22H,5-6,13H2,1-4H3,(H,30,31). The average Bonchev–Trinajstić information content (AvgIpc) is 2.83. The van der Waals surface area contributed by atoms with Gasteiger partial charge in [-0.1, -0.05) is 43.1 Å². The maximum absolute atomic E-state index is 13.5. The summed E-state index contributed by atoms with van der Waals surface area (Å²) in [5, 5.41) is 11.0. The molecule has 2 atom stereocenters. The minimum absolute atomic E-state index is 0.0416. The van der Waals surface area contributed by atoms with Gasteiger partial charge in [0, 0.05) is 47.0 Å². The van der Waals surface area contributed by atoms with E-state index in [9.17, 15) is 14.7 Å². The molecule has 1 aliphatic rings. The van der Waals surface area contributed by atoms with Crippen molar-refractivity contribution < 1.29 is 19.4 Å². The van der Waals surface area contributed by atoms with E-state index >= 15 is 0 Å². The van der Waals surface area contributed by atoms with Crippen LogP contribution in [0.4, 0.5) is 5.69 Å². The van der Waals surface area contributed by atoms with Gasteiger partial charge in [0.1, 0.15) is 5.75 Å². The molecule has 8 heteroatoms. The fraction of sp³-hybridized carbons (Fsp3) is 0.417. The van der Waals surface area contributed by atoms with Crippen molar-refractivity contribution in [1.29, 1.82) is 0 Å². The second kappa shape index (κ2) is 10.0. The number of carboxylic acid groups (broad SMARTS) is 1. The highest BCUT2D eigenvalue weighted by Gasteiger charge is 2.42. The van der Waals surface area contributed by atoms with Crippen LogP contribution < -0.4 is 9.64 Å². The molecule has 0 spiro atoms. The molecule has 0 aromatic heterocycles. The van der Waals surface area contributed by atoms with Crippen LogP contribution in [-0.4, -0.2) is 41.1 Å². The second-order valence-electron chi connectivity index (χ2n) is 8.16. The highest BCUT2D eigenvalue weighted by molar-refractivity contribution is 6.34. The Bertz CT molecular complexity index is 987. The number of hydrogen-bond donors (Lipinski definition) is 1. The number of halogens is 2. The van der Waals surface area contributed by atoms with Crippen molar-refractivity contribution in [3.63, 3.8) is 0 Å². The summed E-state index contributed by atoms with van der Waals surface area (Å²) in [5.74, 6) is -1.26. The van der Waals surface area contributed by atoms with Crippen LogP contribution >= 0.6 is 23.2 Å². The Labute approximate surface area is 198 Å². The molecule has 0 saturated heterocycles. The molecule has 0 bridgehead atoms. The Balaban J connectivity index is 2.14. The lowest BCUT2D eigenvalue weighted by molar-refractivity contribution is -0.154. The lowest BCUT2D eigenvalue weighted by Gasteiger charge is -2.30. The first-order chi connectivity index (χ1) is 15.2. The van der Waals surface area contributed by atoms with Gasteiger partial charge in [0.15, 0.2) is 12.1 Å². The van der Waals surface area contributed by atoms with E-state index in [0.717, 1.165) is 18.8 Å². The second-order valence-corrected chi connectivity index (χ2v) is 9.03. The van der Waals surface area contributed by atoms with Gasteiger partial charge >= 0.3 is 5.97 Å². The molecule has 2 aromatic carbocycles. The molecule has 1 N–H and O–H groups in total. The van der Waals surface area contributed by atoms with E-state index in [2.05, 4.69) is 4.90 Å². The molecular weight excluding hydrogens is 451 g/mol. The number of hydrogen-bond acceptors (Lipinski definition) is 4. The summed E-state index contributed by atoms with van der Waals surface area (Å²) in [7, 11) is 0. The van der Waals surface area contributed by atoms with Crippen molar-refractivity contribution in [2.45, 2.75) is 46.4 Å². The Kier molecular flexibility index (Phi) is 7.57. The van der Waals surface area contributed by atoms with Gasteiger partial charge in [-0.15, -0.1) is 0 Å². The summed E-state index contributed by atoms with van der Waals surface area (Å²) in [6, 6.07) is 9.20. The molecule has 0 aliphatic carbocycles. The summed E-state index contributed by atoms with van der Waals surface area (Å²) < 4.78 is 6.17. The predicted molar refractivity (Wildman–Crippen MR) is 127 cm³/mol. The van der Waals surface area contributed by atoms with E-state index in [0.29, 0.717) is 26.9 Å². The van der Waals surface area contributed by atoms with Gasteiger partial charge in [-0.3, -0.25) is 4.79 Å². The Morgan fingerprint density at radius 1 is 1.12 bits per heavy atom. The van der Waals surface area contributed by atoms with Crippen molar-refractivity contribution >= 4 is 40.8 Å². The Morgan fingerprint density at radius 3 is 2.28 bits per heavy atom. The first-order valence-electron chi connectivity index (χ1n) is 10.7. The third-order valence-electron chi connectivity index (χ3n) is 5.63. The number of carboxylic acids is 1. The monoisotopic (exact) mass is 478 g/mol. The highest BCUT2D eigenvalue weighted by Crippen LogP contribution is 2.39. The van der Waals surface area contributed by atoms with Crippen LogP contribution in [0.1, 0.15) is 44.9 Å². The number of amides is 1. The van der Waals surface area contributed by atoms with E-state index in [1.807, 2.05) is 39.8 Å². The van der Waals surface area contributed by atoms with E-state index < -0.39 is 18.1 Å². The number of ether oxygens (including phenoxy) is 1. The number of fused-ring (bicyclic) bond motifs is 1. The van der Waals surface area contributed by atoms with Gasteiger partial charge in [-0.2, -0.15) is 0 Å². The fourth-order valence-electron chi connectivity index (χ4n) is 4.04. The van der Waals surface area contributed by atoms with Crippen molar-refractivity contribution in [2.24, 2.45) is 5.92 Å². The van der Waals surface area contributed by atoms with Crippen LogP contribution in [-0.2, 0) is 16.1 Å². The van der Waals surface area contributed by atoms with Gasteiger partial charge in [-0.05, 0) is 49.6 Å². The van der Waals surface area contributed by atoms with Crippen LogP contribution in [0, 0.1) is 5.92 Å². The van der Waals surface area contributed by atoms with Crippen molar-refractivity contribution in [3.05, 3.63) is 57.6 Å². The summed E-state index contributed by atoms with van der Waals surface area (Å²) in [6.45, 7) is 9.50. The van der Waals surface area contributed by atoms with Gasteiger partial charge < -0.3 is 19.6 Å². The first-order valence-corrected chi connectivity index (χ1v) is 11.5. The zero-order valence-corrected chi connectivity index (χ0v) is 20.2. The average molecular weight is 479 g/mol. The number of anilines is 1. The van der Waals surface area contributed by atoms with Gasteiger partial charge in [0.25, 0.3) is 5.91 Å². The van der Waals surface area contributed by atoms with Crippen LogP contribution in [0.15, 0.2) is 36.4 Å². The quantitative estimate of drug-likeness (QED) is 0.575. The minimum atomic E-state index is -1.20. The van der Waals surface area contributed by atoms with Gasteiger partial charge in [-0.25, -0.2) is 4.79 Å². The van der Waals surface area contributed by atoms with E-state index in [4.69, 9.17) is 27.9 Å². The molecule has 0 saturated carbocycles. The molecule has 172 valence electrons. The van der Waals surface area contributed by atoms with Crippen LogP contribution in [0.2, 0.25) is 10.0 Å². The molecule has 2 aromatic rings. The molecule has 0 radical (unpaired) electrons. The third-order valence-corrected chi connectivity index (χ3v) is 6.06. The summed E-state index contributed by atoms with van der Waals surface area (Å²) in [6.07, 6.45) is -0.820. The molecule has 1 amide bonds. The fourth-order valence-corrected chi connectivity index (χ4v) is 4.61.